The van der Waals surface area contributed by atoms with Crippen LogP contribution in [0, 0.1) is 4.78 Å². The molecule has 0 saturated heterocycles. The SMILES string of the molecule is CC(C)(C)OC(=O)N[C@@H](CCS(=N)(=O)CCC(O)(c1ccc(C2CCCC2)cn1)C(F)(F)F)C(=O)OC(C)(C)C. The summed E-state index contributed by atoms with van der Waals surface area (Å²) in [6, 6.07) is 1.31. The third-order valence-corrected chi connectivity index (χ3v) is 8.18. The van der Waals surface area contributed by atoms with Crippen molar-refractivity contribution in [2.75, 3.05) is 11.5 Å². The van der Waals surface area contributed by atoms with Crippen molar-refractivity contribution in [1.82, 2.24) is 10.3 Å². The number of hydrogen-bond acceptors (Lipinski definition) is 8. The van der Waals surface area contributed by atoms with E-state index in [1.165, 1.54) is 12.3 Å². The number of nitrogens with one attached hydrogen (secondary N) is 2. The number of hydrogen-bond donors (Lipinski definition) is 3. The predicted octanol–water partition coefficient (Wildman–Crippen LogP) is 5.55. The van der Waals surface area contributed by atoms with E-state index in [0.29, 0.717) is 0 Å². The average Bonchev–Trinajstić information content (AvgIpc) is 3.32. The fraction of sp³-hybridized carbons (Fsp3) is 0.741. The number of ether oxygens (including phenoxy) is 2. The van der Waals surface area contributed by atoms with Crippen molar-refractivity contribution < 1.29 is 41.5 Å². The van der Waals surface area contributed by atoms with Gasteiger partial charge in [-0.2, -0.15) is 13.2 Å². The van der Waals surface area contributed by atoms with E-state index in [9.17, 15) is 32.1 Å². The first-order chi connectivity index (χ1) is 18.1. The van der Waals surface area contributed by atoms with Crippen molar-refractivity contribution >= 4 is 21.8 Å². The minimum absolute atomic E-state index is 0.222. The highest BCUT2D eigenvalue weighted by Crippen LogP contribution is 2.42. The number of carbonyl (C=O) groups is 2. The Labute approximate surface area is 234 Å². The number of nitrogens with zero attached hydrogens (tertiary/aromatic N) is 1. The Balaban J connectivity index is 2.15. The molecule has 0 radical (unpaired) electrons. The minimum Gasteiger partial charge on any atom is -0.458 e. The molecule has 1 fully saturated rings. The summed E-state index contributed by atoms with van der Waals surface area (Å²) < 4.78 is 73.8. The van der Waals surface area contributed by atoms with E-state index in [1.807, 2.05) is 0 Å². The van der Waals surface area contributed by atoms with Crippen molar-refractivity contribution in [3.8, 4) is 0 Å². The van der Waals surface area contributed by atoms with Crippen LogP contribution in [0.2, 0.25) is 0 Å². The summed E-state index contributed by atoms with van der Waals surface area (Å²) >= 11 is 0. The van der Waals surface area contributed by atoms with Crippen LogP contribution >= 0.6 is 0 Å². The molecule has 0 aliphatic heterocycles. The molecule has 1 aliphatic carbocycles. The minimum atomic E-state index is -5.14. The summed E-state index contributed by atoms with van der Waals surface area (Å²) in [6.07, 6.45) is -2.22. The van der Waals surface area contributed by atoms with Gasteiger partial charge < -0.3 is 19.9 Å². The van der Waals surface area contributed by atoms with Crippen LogP contribution in [0.15, 0.2) is 18.3 Å². The van der Waals surface area contributed by atoms with E-state index >= 15 is 0 Å². The first kappa shape index (κ1) is 33.8. The van der Waals surface area contributed by atoms with Crippen LogP contribution in [0.5, 0.6) is 0 Å². The Morgan fingerprint density at radius 2 is 1.65 bits per heavy atom. The lowest BCUT2D eigenvalue weighted by Gasteiger charge is -2.30. The van der Waals surface area contributed by atoms with Gasteiger partial charge in [0.1, 0.15) is 17.2 Å². The highest BCUT2D eigenvalue weighted by molar-refractivity contribution is 7.92. The molecule has 1 aromatic heterocycles. The Morgan fingerprint density at radius 3 is 2.12 bits per heavy atom. The summed E-state index contributed by atoms with van der Waals surface area (Å²) in [5, 5.41) is 13.1. The Morgan fingerprint density at radius 1 is 1.07 bits per heavy atom. The van der Waals surface area contributed by atoms with Crippen molar-refractivity contribution in [3.05, 3.63) is 29.6 Å². The third kappa shape index (κ3) is 10.2. The zero-order valence-electron chi connectivity index (χ0n) is 24.0. The molecule has 40 heavy (non-hydrogen) atoms. The highest BCUT2D eigenvalue weighted by atomic mass is 32.2. The number of alkyl carbamates (subject to hydrolysis) is 1. The lowest BCUT2D eigenvalue weighted by molar-refractivity contribution is -0.268. The molecule has 0 bridgehead atoms. The first-order valence-electron chi connectivity index (χ1n) is 13.3. The maximum Gasteiger partial charge on any atom is 0.423 e. The average molecular weight is 594 g/mol. The maximum absolute atomic E-state index is 14.1. The Bertz CT molecular complexity index is 1120. The van der Waals surface area contributed by atoms with E-state index in [4.69, 9.17) is 14.3 Å². The molecule has 1 aliphatic rings. The van der Waals surface area contributed by atoms with Crippen molar-refractivity contribution in [2.24, 2.45) is 0 Å². The lowest BCUT2D eigenvalue weighted by Crippen LogP contribution is -2.47. The van der Waals surface area contributed by atoms with Crippen LogP contribution in [0.1, 0.15) is 97.2 Å². The van der Waals surface area contributed by atoms with E-state index in [-0.39, 0.29) is 12.3 Å². The molecule has 1 saturated carbocycles. The van der Waals surface area contributed by atoms with Crippen LogP contribution in [0.3, 0.4) is 0 Å². The second-order valence-electron chi connectivity index (χ2n) is 12.3. The van der Waals surface area contributed by atoms with E-state index in [2.05, 4.69) is 10.3 Å². The number of esters is 1. The molecule has 0 spiro atoms. The number of aliphatic hydroxyl groups is 1. The molecule has 1 heterocycles. The smallest absolute Gasteiger partial charge is 0.423 e. The van der Waals surface area contributed by atoms with Gasteiger partial charge in [-0.15, -0.1) is 0 Å². The van der Waals surface area contributed by atoms with Crippen molar-refractivity contribution in [1.29, 1.82) is 4.78 Å². The highest BCUT2D eigenvalue weighted by Gasteiger charge is 2.56. The van der Waals surface area contributed by atoms with Crippen molar-refractivity contribution in [2.45, 2.75) is 115 Å². The number of rotatable bonds is 10. The Hall–Kier alpha value is -2.41. The number of halogens is 3. The lowest BCUT2D eigenvalue weighted by atomic mass is 9.93. The van der Waals surface area contributed by atoms with Gasteiger partial charge in [0.2, 0.25) is 5.60 Å². The summed E-state index contributed by atoms with van der Waals surface area (Å²) in [4.78, 5) is 28.9. The molecular weight excluding hydrogens is 551 g/mol. The van der Waals surface area contributed by atoms with Crippen molar-refractivity contribution in [3.63, 3.8) is 0 Å². The molecule has 1 amide bonds. The summed E-state index contributed by atoms with van der Waals surface area (Å²) in [7, 11) is -3.74. The monoisotopic (exact) mass is 593 g/mol. The zero-order chi connectivity index (χ0) is 30.6. The molecule has 3 N–H and O–H groups in total. The van der Waals surface area contributed by atoms with Crippen LogP contribution in [0.4, 0.5) is 18.0 Å². The Kier molecular flexibility index (Phi) is 10.7. The zero-order valence-corrected chi connectivity index (χ0v) is 24.8. The van der Waals surface area contributed by atoms with Gasteiger partial charge in [0.25, 0.3) is 0 Å². The largest absolute Gasteiger partial charge is 0.458 e. The number of aromatic nitrogens is 1. The van der Waals surface area contributed by atoms with Crippen LogP contribution < -0.4 is 5.32 Å². The maximum atomic E-state index is 14.1. The number of alkyl halides is 3. The topological polar surface area (TPSA) is 139 Å². The number of carbonyl (C=O) groups excluding carboxylic acids is 2. The summed E-state index contributed by atoms with van der Waals surface area (Å²) in [6.45, 7) is 9.67. The molecule has 1 aromatic rings. The van der Waals surface area contributed by atoms with Gasteiger partial charge in [-0.3, -0.25) is 9.76 Å². The summed E-state index contributed by atoms with van der Waals surface area (Å²) in [5.74, 6) is -2.00. The van der Waals surface area contributed by atoms with Gasteiger partial charge in [0, 0.05) is 33.9 Å². The quantitative estimate of drug-likeness (QED) is 0.302. The number of pyridine rings is 1. The molecule has 228 valence electrons. The standard InChI is InChI=1S/C27H42F3N3O6S/c1-24(2,3)38-22(34)20(33-23(35)39-25(4,5)6)13-15-40(31,37)16-14-26(36,27(28,29)30)21-12-11-19(17-32-21)18-9-7-8-10-18/h11-12,17-18,20,31,36H,7-10,13-16H2,1-6H3,(H,33,35)/t20-,26?,40?/m0/s1. The fourth-order valence-electron chi connectivity index (χ4n) is 4.36. The van der Waals surface area contributed by atoms with Crippen LogP contribution in [-0.4, -0.2) is 61.3 Å². The molecule has 2 rings (SSSR count). The summed E-state index contributed by atoms with van der Waals surface area (Å²) in [5.41, 5.74) is -5.03. The van der Waals surface area contributed by atoms with Gasteiger partial charge in [-0.1, -0.05) is 18.9 Å². The predicted molar refractivity (Wildman–Crippen MR) is 144 cm³/mol. The van der Waals surface area contributed by atoms with Gasteiger partial charge >= 0.3 is 18.2 Å². The molecular formula is C27H42F3N3O6S. The van der Waals surface area contributed by atoms with Gasteiger partial charge in [0.15, 0.2) is 0 Å². The fourth-order valence-corrected chi connectivity index (χ4v) is 5.81. The molecule has 0 aromatic carbocycles. The molecule has 3 atom stereocenters. The van der Waals surface area contributed by atoms with E-state index in [1.54, 1.807) is 41.5 Å². The molecule has 9 nitrogen and oxygen atoms in total. The van der Waals surface area contributed by atoms with E-state index < -0.39 is 74.4 Å². The second-order valence-corrected chi connectivity index (χ2v) is 14.7. The second kappa shape index (κ2) is 12.6. The van der Waals surface area contributed by atoms with Gasteiger partial charge in [0.05, 0.1) is 5.69 Å². The van der Waals surface area contributed by atoms with Gasteiger partial charge in [-0.05, 0) is 78.4 Å². The first-order valence-corrected chi connectivity index (χ1v) is 15.2. The van der Waals surface area contributed by atoms with Gasteiger partial charge in [-0.25, -0.2) is 13.8 Å². The van der Waals surface area contributed by atoms with Crippen LogP contribution in [0.25, 0.3) is 0 Å². The van der Waals surface area contributed by atoms with E-state index in [0.717, 1.165) is 37.3 Å². The van der Waals surface area contributed by atoms with Crippen LogP contribution in [-0.2, 0) is 29.6 Å². The molecule has 13 heteroatoms. The third-order valence-electron chi connectivity index (χ3n) is 6.42. The molecule has 2 unspecified atom stereocenters. The number of amides is 1. The normalized spacial score (nSPS) is 18.9.